The summed E-state index contributed by atoms with van der Waals surface area (Å²) in [5, 5.41) is 11.2. The van der Waals surface area contributed by atoms with Crippen molar-refractivity contribution in [2.45, 2.75) is 19.8 Å². The molecule has 10 heteroatoms. The van der Waals surface area contributed by atoms with Crippen LogP contribution in [0.2, 0.25) is 0 Å². The van der Waals surface area contributed by atoms with Gasteiger partial charge in [-0.05, 0) is 19.4 Å². The largest absolute Gasteiger partial charge is 0.468 e. The summed E-state index contributed by atoms with van der Waals surface area (Å²) in [6.45, 7) is 2.99. The van der Waals surface area contributed by atoms with Crippen molar-refractivity contribution in [1.82, 2.24) is 0 Å². The molecule has 0 aliphatic heterocycles. The lowest BCUT2D eigenvalue weighted by molar-refractivity contribution is -0.384. The number of nitro benzene ring substituents is 1. The van der Waals surface area contributed by atoms with Gasteiger partial charge < -0.3 is 15.2 Å². The molecule has 152 valence electrons. The molecule has 28 heavy (non-hydrogen) atoms. The molecule has 9 nitrogen and oxygen atoms in total. The number of nitro groups is 1. The standard InChI is InChI=1S/C18H21ClN2O7/c1-4-28-18(24)14(10(2)20)15(16(13(22)9-19)17(23)27-3)11-6-5-7-12(8-11)21(25)26/h5-8,15-16H,4,9,20H2,1-3H3. The Morgan fingerprint density at radius 2 is 1.96 bits per heavy atom. The molecule has 2 N–H and O–H groups in total. The van der Waals surface area contributed by atoms with Crippen LogP contribution in [0.5, 0.6) is 0 Å². The van der Waals surface area contributed by atoms with E-state index in [1.165, 1.54) is 25.1 Å². The van der Waals surface area contributed by atoms with E-state index < -0.39 is 40.4 Å². The summed E-state index contributed by atoms with van der Waals surface area (Å²) in [5.74, 6) is -5.89. The van der Waals surface area contributed by atoms with Crippen LogP contribution in [0.15, 0.2) is 35.5 Å². The number of ether oxygens (including phenoxy) is 2. The smallest absolute Gasteiger partial charge is 0.336 e. The lowest BCUT2D eigenvalue weighted by Crippen LogP contribution is -2.36. The second-order valence-corrected chi connectivity index (χ2v) is 6.01. The molecule has 2 unspecified atom stereocenters. The van der Waals surface area contributed by atoms with Crippen molar-refractivity contribution >= 4 is 35.0 Å². The number of non-ortho nitro benzene ring substituents is 1. The van der Waals surface area contributed by atoms with Crippen molar-refractivity contribution in [3.05, 3.63) is 51.2 Å². The second-order valence-electron chi connectivity index (χ2n) is 5.75. The SMILES string of the molecule is CCOC(=O)C(=C(C)N)C(c1cccc([N+](=O)[O-])c1)C(C(=O)CCl)C(=O)OC. The molecule has 0 bridgehead atoms. The number of hydrogen-bond donors (Lipinski definition) is 1. The number of carbonyl (C=O) groups excluding carboxylic acids is 3. The van der Waals surface area contributed by atoms with E-state index in [4.69, 9.17) is 26.8 Å². The van der Waals surface area contributed by atoms with Crippen LogP contribution < -0.4 is 5.73 Å². The molecule has 0 aromatic heterocycles. The van der Waals surface area contributed by atoms with E-state index in [1.807, 2.05) is 0 Å². The Morgan fingerprint density at radius 1 is 1.32 bits per heavy atom. The summed E-state index contributed by atoms with van der Waals surface area (Å²) in [4.78, 5) is 48.0. The summed E-state index contributed by atoms with van der Waals surface area (Å²) in [6.07, 6.45) is 0. The van der Waals surface area contributed by atoms with Gasteiger partial charge in [0, 0.05) is 23.7 Å². The predicted molar refractivity (Wildman–Crippen MR) is 101 cm³/mol. The van der Waals surface area contributed by atoms with Crippen molar-refractivity contribution in [3.8, 4) is 0 Å². The molecule has 0 radical (unpaired) electrons. The zero-order valence-corrected chi connectivity index (χ0v) is 16.4. The van der Waals surface area contributed by atoms with Gasteiger partial charge in [0.2, 0.25) is 0 Å². The summed E-state index contributed by atoms with van der Waals surface area (Å²) in [5.41, 5.74) is 5.55. The number of benzene rings is 1. The van der Waals surface area contributed by atoms with E-state index in [1.54, 1.807) is 6.92 Å². The summed E-state index contributed by atoms with van der Waals surface area (Å²) >= 11 is 5.66. The number of nitrogens with two attached hydrogens (primary N) is 1. The number of alkyl halides is 1. The summed E-state index contributed by atoms with van der Waals surface area (Å²) in [6, 6.07) is 5.20. The fraction of sp³-hybridized carbons (Fsp3) is 0.389. The highest BCUT2D eigenvalue weighted by molar-refractivity contribution is 6.29. The number of hydrogen-bond acceptors (Lipinski definition) is 8. The third-order valence-electron chi connectivity index (χ3n) is 3.94. The van der Waals surface area contributed by atoms with Gasteiger partial charge in [-0.25, -0.2) is 4.79 Å². The van der Waals surface area contributed by atoms with E-state index in [0.29, 0.717) is 0 Å². The maximum absolute atomic E-state index is 12.6. The molecule has 0 saturated carbocycles. The molecule has 1 aromatic rings. The minimum atomic E-state index is -1.54. The molecule has 0 fully saturated rings. The molecule has 0 amide bonds. The van der Waals surface area contributed by atoms with E-state index in [0.717, 1.165) is 13.2 Å². The number of nitrogens with zero attached hydrogens (tertiary/aromatic N) is 1. The molecular formula is C18H21ClN2O7. The maximum atomic E-state index is 12.6. The first-order chi connectivity index (χ1) is 13.2. The first-order valence-electron chi connectivity index (χ1n) is 8.23. The average molecular weight is 413 g/mol. The van der Waals surface area contributed by atoms with Crippen molar-refractivity contribution in [1.29, 1.82) is 0 Å². The van der Waals surface area contributed by atoms with Gasteiger partial charge in [0.25, 0.3) is 5.69 Å². The molecule has 0 aliphatic rings. The normalized spacial score (nSPS) is 13.7. The maximum Gasteiger partial charge on any atom is 0.336 e. The van der Waals surface area contributed by atoms with Crippen LogP contribution in [0.25, 0.3) is 0 Å². The molecule has 1 rings (SSSR count). The number of Topliss-reactive ketones (excluding diaryl/α,β-unsaturated/α-hetero) is 1. The summed E-state index contributed by atoms with van der Waals surface area (Å²) in [7, 11) is 1.07. The van der Waals surface area contributed by atoms with Gasteiger partial charge in [0.05, 0.1) is 30.1 Å². The predicted octanol–water partition coefficient (Wildman–Crippen LogP) is 2.07. The highest BCUT2D eigenvalue weighted by Crippen LogP contribution is 2.37. The van der Waals surface area contributed by atoms with Crippen LogP contribution in [-0.2, 0) is 23.9 Å². The monoisotopic (exact) mass is 412 g/mol. The van der Waals surface area contributed by atoms with Gasteiger partial charge in [0.15, 0.2) is 5.78 Å². The zero-order valence-electron chi connectivity index (χ0n) is 15.6. The minimum absolute atomic E-state index is 0.00812. The Kier molecular flexibility index (Phi) is 8.59. The molecule has 1 aromatic carbocycles. The van der Waals surface area contributed by atoms with Crippen LogP contribution >= 0.6 is 11.6 Å². The van der Waals surface area contributed by atoms with E-state index in [9.17, 15) is 24.5 Å². The van der Waals surface area contributed by atoms with E-state index >= 15 is 0 Å². The lowest BCUT2D eigenvalue weighted by atomic mass is 9.77. The molecule has 2 atom stereocenters. The van der Waals surface area contributed by atoms with Gasteiger partial charge in [-0.2, -0.15) is 0 Å². The van der Waals surface area contributed by atoms with Crippen LogP contribution in [0.3, 0.4) is 0 Å². The highest BCUT2D eigenvalue weighted by Gasteiger charge is 2.42. The van der Waals surface area contributed by atoms with Crippen LogP contribution in [0, 0.1) is 16.0 Å². The van der Waals surface area contributed by atoms with Gasteiger partial charge in [-0.3, -0.25) is 19.7 Å². The van der Waals surface area contributed by atoms with Gasteiger partial charge in [-0.1, -0.05) is 12.1 Å². The fourth-order valence-corrected chi connectivity index (χ4v) is 2.93. The number of halogens is 1. The van der Waals surface area contributed by atoms with Gasteiger partial charge in [0.1, 0.15) is 5.92 Å². The van der Waals surface area contributed by atoms with Gasteiger partial charge in [-0.15, -0.1) is 11.6 Å². The second kappa shape index (κ2) is 10.4. The first kappa shape index (κ1) is 23.1. The average Bonchev–Trinajstić information content (AvgIpc) is 2.66. The number of carbonyl (C=O) groups is 3. The van der Waals surface area contributed by atoms with Crippen molar-refractivity contribution in [2.24, 2.45) is 11.7 Å². The Labute approximate surface area is 166 Å². The molecule has 0 aliphatic carbocycles. The Morgan fingerprint density at radius 3 is 2.43 bits per heavy atom. The molecule has 0 saturated heterocycles. The number of esters is 2. The Balaban J connectivity index is 3.79. The fourth-order valence-electron chi connectivity index (χ4n) is 2.76. The number of ketones is 1. The van der Waals surface area contributed by atoms with Crippen LogP contribution in [0.4, 0.5) is 5.69 Å². The minimum Gasteiger partial charge on any atom is -0.468 e. The third-order valence-corrected chi connectivity index (χ3v) is 4.20. The van der Waals surface area contributed by atoms with Gasteiger partial charge >= 0.3 is 11.9 Å². The first-order valence-corrected chi connectivity index (χ1v) is 8.77. The van der Waals surface area contributed by atoms with Crippen molar-refractivity contribution in [3.63, 3.8) is 0 Å². The van der Waals surface area contributed by atoms with Crippen LogP contribution in [-0.4, -0.2) is 42.2 Å². The Bertz CT molecular complexity index is 787. The third kappa shape index (κ3) is 5.29. The van der Waals surface area contributed by atoms with Crippen molar-refractivity contribution < 1.29 is 28.8 Å². The lowest BCUT2D eigenvalue weighted by Gasteiger charge is -2.26. The molecule has 0 spiro atoms. The Hall–Kier alpha value is -2.94. The number of rotatable bonds is 9. The van der Waals surface area contributed by atoms with E-state index in [2.05, 4.69) is 0 Å². The molecule has 0 heterocycles. The van der Waals surface area contributed by atoms with Crippen molar-refractivity contribution in [2.75, 3.05) is 19.6 Å². The number of methoxy groups -OCH3 is 1. The topological polar surface area (TPSA) is 139 Å². The van der Waals surface area contributed by atoms with Crippen LogP contribution in [0.1, 0.15) is 25.3 Å². The molecular weight excluding hydrogens is 392 g/mol. The highest BCUT2D eigenvalue weighted by atomic mass is 35.5. The summed E-state index contributed by atoms with van der Waals surface area (Å²) < 4.78 is 9.73. The number of allylic oxidation sites excluding steroid dienone is 1. The quantitative estimate of drug-likeness (QED) is 0.162. The van der Waals surface area contributed by atoms with E-state index in [-0.39, 0.29) is 29.1 Å². The zero-order chi connectivity index (χ0) is 21.4.